The first kappa shape index (κ1) is 19.2. The van der Waals surface area contributed by atoms with E-state index in [2.05, 4.69) is 25.8 Å². The molecule has 2 amide bonds. The second-order valence-corrected chi connectivity index (χ2v) is 8.00. The molecule has 1 unspecified atom stereocenters. The number of carbonyl (C=O) groups excluding carboxylic acids is 2. The van der Waals surface area contributed by atoms with Gasteiger partial charge in [-0.05, 0) is 19.8 Å². The molecule has 29 heavy (non-hydrogen) atoms. The van der Waals surface area contributed by atoms with Crippen molar-refractivity contribution in [2.45, 2.75) is 39.8 Å². The Kier molecular flexibility index (Phi) is 4.64. The number of hydrogen-bond acceptors (Lipinski definition) is 8. The summed E-state index contributed by atoms with van der Waals surface area (Å²) in [7, 11) is 1.88. The monoisotopic (exact) mass is 399 g/mol. The predicted octanol–water partition coefficient (Wildman–Crippen LogP) is 1.43. The Balaban J connectivity index is 1.45. The molecule has 1 saturated heterocycles. The molecule has 0 saturated carbocycles. The molecule has 2 aliphatic heterocycles. The fraction of sp³-hybridized carbons (Fsp3) is 0.526. The van der Waals surface area contributed by atoms with E-state index in [9.17, 15) is 9.59 Å². The SMILES string of the molecule is Cc1cc(C(=O)N2CC(Nc3nc(C)c4c(n3)N(C)C(C(C)C)C(=O)N4)C2)on1. The van der Waals surface area contributed by atoms with Crippen molar-refractivity contribution in [1.82, 2.24) is 20.0 Å². The molecule has 2 N–H and O–H groups in total. The molecule has 10 heteroatoms. The Hall–Kier alpha value is -3.17. The highest BCUT2D eigenvalue weighted by Gasteiger charge is 2.37. The first-order valence-corrected chi connectivity index (χ1v) is 9.66. The molecule has 2 aromatic heterocycles. The molecule has 154 valence electrons. The van der Waals surface area contributed by atoms with Crippen LogP contribution in [0.25, 0.3) is 0 Å². The summed E-state index contributed by atoms with van der Waals surface area (Å²) in [4.78, 5) is 37.5. The summed E-state index contributed by atoms with van der Waals surface area (Å²) in [5, 5.41) is 9.98. The molecular formula is C19H25N7O3. The summed E-state index contributed by atoms with van der Waals surface area (Å²) in [5.74, 6) is 1.36. The summed E-state index contributed by atoms with van der Waals surface area (Å²) in [6.45, 7) is 8.70. The fourth-order valence-corrected chi connectivity index (χ4v) is 3.82. The highest BCUT2D eigenvalue weighted by atomic mass is 16.5. The van der Waals surface area contributed by atoms with E-state index in [4.69, 9.17) is 4.52 Å². The lowest BCUT2D eigenvalue weighted by Gasteiger charge is -2.40. The van der Waals surface area contributed by atoms with Gasteiger partial charge in [0.15, 0.2) is 5.82 Å². The van der Waals surface area contributed by atoms with Gasteiger partial charge in [0.1, 0.15) is 11.7 Å². The third kappa shape index (κ3) is 3.39. The number of fused-ring (bicyclic) bond motifs is 1. The van der Waals surface area contributed by atoms with Gasteiger partial charge in [-0.15, -0.1) is 0 Å². The van der Waals surface area contributed by atoms with Gasteiger partial charge >= 0.3 is 0 Å². The van der Waals surface area contributed by atoms with Crippen LogP contribution in [0.3, 0.4) is 0 Å². The molecule has 0 spiro atoms. The summed E-state index contributed by atoms with van der Waals surface area (Å²) in [6, 6.07) is 1.39. The van der Waals surface area contributed by atoms with E-state index in [0.29, 0.717) is 41.9 Å². The van der Waals surface area contributed by atoms with Crippen molar-refractivity contribution in [3.05, 3.63) is 23.2 Å². The van der Waals surface area contributed by atoms with Crippen molar-refractivity contribution in [3.8, 4) is 0 Å². The van der Waals surface area contributed by atoms with Crippen LogP contribution < -0.4 is 15.5 Å². The number of likely N-dealkylation sites (tertiary alicyclic amines) is 1. The number of amides is 2. The van der Waals surface area contributed by atoms with Gasteiger partial charge in [0.05, 0.1) is 17.4 Å². The minimum atomic E-state index is -0.285. The van der Waals surface area contributed by atoms with Crippen molar-refractivity contribution in [2.24, 2.45) is 5.92 Å². The van der Waals surface area contributed by atoms with E-state index in [0.717, 1.165) is 0 Å². The molecule has 10 nitrogen and oxygen atoms in total. The fourth-order valence-electron chi connectivity index (χ4n) is 3.82. The average molecular weight is 399 g/mol. The largest absolute Gasteiger partial charge is 0.351 e. The lowest BCUT2D eigenvalue weighted by molar-refractivity contribution is -0.118. The van der Waals surface area contributed by atoms with Gasteiger partial charge in [0.2, 0.25) is 17.6 Å². The van der Waals surface area contributed by atoms with Crippen LogP contribution in [0.15, 0.2) is 10.6 Å². The van der Waals surface area contributed by atoms with Crippen LogP contribution in [0.2, 0.25) is 0 Å². The number of anilines is 3. The van der Waals surface area contributed by atoms with Crippen LogP contribution in [0.4, 0.5) is 17.5 Å². The maximum Gasteiger partial charge on any atom is 0.292 e. The van der Waals surface area contributed by atoms with Gasteiger partial charge in [0.25, 0.3) is 5.91 Å². The van der Waals surface area contributed by atoms with E-state index < -0.39 is 0 Å². The predicted molar refractivity (Wildman–Crippen MR) is 107 cm³/mol. The Morgan fingerprint density at radius 3 is 2.66 bits per heavy atom. The standard InChI is InChI=1S/C19H25N7O3/c1-9(2)15-17(27)22-14-11(4)20-19(23-16(14)25(15)5)21-12-7-26(8-12)18(28)13-6-10(3)24-29-13/h6,9,12,15H,7-8H2,1-5H3,(H,22,27)(H,20,21,23). The molecular weight excluding hydrogens is 374 g/mol. The van der Waals surface area contributed by atoms with Gasteiger partial charge in [-0.3, -0.25) is 9.59 Å². The van der Waals surface area contributed by atoms with Crippen molar-refractivity contribution < 1.29 is 14.1 Å². The highest BCUT2D eigenvalue weighted by Crippen LogP contribution is 2.34. The maximum atomic E-state index is 12.4. The number of nitrogens with one attached hydrogen (secondary N) is 2. The first-order valence-electron chi connectivity index (χ1n) is 9.66. The number of aromatic nitrogens is 3. The van der Waals surface area contributed by atoms with Gasteiger partial charge in [-0.1, -0.05) is 19.0 Å². The summed E-state index contributed by atoms with van der Waals surface area (Å²) in [6.07, 6.45) is 0. The number of aryl methyl sites for hydroxylation is 2. The number of hydrogen-bond donors (Lipinski definition) is 2. The van der Waals surface area contributed by atoms with Gasteiger partial charge in [-0.2, -0.15) is 4.98 Å². The lowest BCUT2D eigenvalue weighted by Crippen LogP contribution is -2.57. The lowest BCUT2D eigenvalue weighted by atomic mass is 9.99. The molecule has 4 rings (SSSR count). The Labute approximate surface area is 168 Å². The zero-order valence-corrected chi connectivity index (χ0v) is 17.2. The van der Waals surface area contributed by atoms with Crippen molar-refractivity contribution >= 4 is 29.3 Å². The maximum absolute atomic E-state index is 12.4. The topological polar surface area (TPSA) is 116 Å². The quantitative estimate of drug-likeness (QED) is 0.793. The summed E-state index contributed by atoms with van der Waals surface area (Å²) >= 11 is 0. The third-order valence-electron chi connectivity index (χ3n) is 5.31. The molecule has 0 aliphatic carbocycles. The van der Waals surface area contributed by atoms with E-state index in [1.165, 1.54) is 0 Å². The highest BCUT2D eigenvalue weighted by molar-refractivity contribution is 6.03. The second-order valence-electron chi connectivity index (χ2n) is 8.00. The van der Waals surface area contributed by atoms with Crippen LogP contribution in [0.5, 0.6) is 0 Å². The zero-order valence-electron chi connectivity index (χ0n) is 17.2. The molecule has 0 bridgehead atoms. The summed E-state index contributed by atoms with van der Waals surface area (Å²) < 4.78 is 5.04. The van der Waals surface area contributed by atoms with Crippen molar-refractivity contribution in [3.63, 3.8) is 0 Å². The zero-order chi connectivity index (χ0) is 20.9. The molecule has 0 aromatic carbocycles. The van der Waals surface area contributed by atoms with Gasteiger partial charge < -0.3 is 25.0 Å². The van der Waals surface area contributed by atoms with Crippen molar-refractivity contribution in [1.29, 1.82) is 0 Å². The normalized spacial score (nSPS) is 19.1. The van der Waals surface area contributed by atoms with Crippen LogP contribution in [0, 0.1) is 19.8 Å². The van der Waals surface area contributed by atoms with Gasteiger partial charge in [0, 0.05) is 26.2 Å². The molecule has 2 aliphatic rings. The van der Waals surface area contributed by atoms with Crippen LogP contribution >= 0.6 is 0 Å². The van der Waals surface area contributed by atoms with Crippen LogP contribution in [-0.4, -0.2) is 64.1 Å². The van der Waals surface area contributed by atoms with Crippen LogP contribution in [-0.2, 0) is 4.79 Å². The Bertz CT molecular complexity index is 965. The Morgan fingerprint density at radius 2 is 2.03 bits per heavy atom. The molecule has 0 radical (unpaired) electrons. The smallest absolute Gasteiger partial charge is 0.292 e. The number of carbonyl (C=O) groups is 2. The molecule has 4 heterocycles. The Morgan fingerprint density at radius 1 is 1.31 bits per heavy atom. The average Bonchev–Trinajstić information content (AvgIpc) is 3.04. The van der Waals surface area contributed by atoms with E-state index in [-0.39, 0.29) is 35.6 Å². The van der Waals surface area contributed by atoms with Gasteiger partial charge in [-0.25, -0.2) is 4.98 Å². The van der Waals surface area contributed by atoms with E-state index in [1.807, 2.05) is 32.7 Å². The number of likely N-dealkylation sites (N-methyl/N-ethyl adjacent to an activating group) is 1. The minimum absolute atomic E-state index is 0.0433. The second kappa shape index (κ2) is 7.02. The summed E-state index contributed by atoms with van der Waals surface area (Å²) in [5.41, 5.74) is 2.02. The molecule has 1 fully saturated rings. The van der Waals surface area contributed by atoms with Crippen molar-refractivity contribution in [2.75, 3.05) is 35.7 Å². The van der Waals surface area contributed by atoms with E-state index >= 15 is 0 Å². The molecule has 1 atom stereocenters. The number of rotatable bonds is 4. The molecule has 2 aromatic rings. The minimum Gasteiger partial charge on any atom is -0.351 e. The van der Waals surface area contributed by atoms with E-state index in [1.54, 1.807) is 17.9 Å². The third-order valence-corrected chi connectivity index (χ3v) is 5.31. The first-order chi connectivity index (χ1) is 13.7. The van der Waals surface area contributed by atoms with Crippen LogP contribution in [0.1, 0.15) is 35.8 Å². The number of nitrogens with zero attached hydrogens (tertiary/aromatic N) is 5.